The molecule has 0 aromatic carbocycles. The van der Waals surface area contributed by atoms with E-state index in [4.69, 9.17) is 35.3 Å². The predicted molar refractivity (Wildman–Crippen MR) is 119 cm³/mol. The van der Waals surface area contributed by atoms with Crippen molar-refractivity contribution in [3.63, 3.8) is 0 Å². The summed E-state index contributed by atoms with van der Waals surface area (Å²) >= 11 is 0. The van der Waals surface area contributed by atoms with E-state index >= 15 is 0 Å². The molecule has 5 atom stereocenters. The van der Waals surface area contributed by atoms with Crippen LogP contribution in [-0.4, -0.2) is 93.1 Å². The van der Waals surface area contributed by atoms with Crippen LogP contribution in [0.4, 0.5) is 0 Å². The van der Waals surface area contributed by atoms with Crippen LogP contribution in [0.2, 0.25) is 0 Å². The molecular weight excluding hydrogens is 406 g/mol. The summed E-state index contributed by atoms with van der Waals surface area (Å²) < 4.78 is 26.8. The molecule has 1 rings (SSSR count). The standard InChI is InChI=1S/C18H37N3O7.C3H8/c1-4-5-25-6-7-26-8-9-27-12-14(19)10-21(20)11-15-16(22)13(2)17(23)18(24-3)28-15;1-3-2/h10,13,15-18,22-23H,4-9,11-12,19-20H2,1-3H3;3H2,1-2H3/b14-10-;. The van der Waals surface area contributed by atoms with Gasteiger partial charge in [-0.15, -0.1) is 0 Å². The van der Waals surface area contributed by atoms with Gasteiger partial charge in [0, 0.05) is 25.8 Å². The lowest BCUT2D eigenvalue weighted by Gasteiger charge is -2.41. The SMILES string of the molecule is CCC.CCCOCCOCCOC/C(N)=C/N(N)CC1OC(OC)C(O)C(C)C1O. The van der Waals surface area contributed by atoms with E-state index < -0.39 is 30.5 Å². The second-order valence-corrected chi connectivity index (χ2v) is 7.50. The van der Waals surface area contributed by atoms with E-state index in [0.717, 1.165) is 13.0 Å². The first kappa shape index (κ1) is 30.0. The van der Waals surface area contributed by atoms with E-state index in [9.17, 15) is 10.2 Å². The van der Waals surface area contributed by atoms with Crippen molar-refractivity contribution in [2.45, 2.75) is 65.1 Å². The van der Waals surface area contributed by atoms with E-state index in [1.807, 2.05) is 0 Å². The maximum Gasteiger partial charge on any atom is 0.183 e. The molecule has 5 unspecified atom stereocenters. The summed E-state index contributed by atoms with van der Waals surface area (Å²) in [5.74, 6) is 5.52. The van der Waals surface area contributed by atoms with Crippen LogP contribution in [0.1, 0.15) is 40.5 Å². The van der Waals surface area contributed by atoms with Gasteiger partial charge in [-0.3, -0.25) is 0 Å². The average Bonchev–Trinajstić information content (AvgIpc) is 2.73. The lowest BCUT2D eigenvalue weighted by Crippen LogP contribution is -2.57. The predicted octanol–water partition coefficient (Wildman–Crippen LogP) is 0.568. The monoisotopic (exact) mass is 451 g/mol. The van der Waals surface area contributed by atoms with Crippen molar-refractivity contribution >= 4 is 0 Å². The van der Waals surface area contributed by atoms with Gasteiger partial charge >= 0.3 is 0 Å². The van der Waals surface area contributed by atoms with Crippen molar-refractivity contribution < 1.29 is 33.9 Å². The number of hydrogen-bond acceptors (Lipinski definition) is 10. The quantitative estimate of drug-likeness (QED) is 0.168. The summed E-state index contributed by atoms with van der Waals surface area (Å²) in [7, 11) is 1.44. The zero-order valence-corrected chi connectivity index (χ0v) is 19.9. The maximum absolute atomic E-state index is 10.3. The summed E-state index contributed by atoms with van der Waals surface area (Å²) in [6.07, 6.45) is 0.545. The maximum atomic E-state index is 10.3. The van der Waals surface area contributed by atoms with Gasteiger partial charge in [0.05, 0.1) is 51.4 Å². The molecule has 0 spiro atoms. The van der Waals surface area contributed by atoms with E-state index in [2.05, 4.69) is 20.8 Å². The Hall–Kier alpha value is -0.980. The highest BCUT2D eigenvalue weighted by Gasteiger charge is 2.42. The molecule has 1 aliphatic rings. The van der Waals surface area contributed by atoms with Crippen LogP contribution in [0.5, 0.6) is 0 Å². The molecule has 0 aromatic heterocycles. The van der Waals surface area contributed by atoms with Crippen LogP contribution in [0.15, 0.2) is 11.9 Å². The molecule has 186 valence electrons. The molecule has 1 saturated heterocycles. The van der Waals surface area contributed by atoms with Gasteiger partial charge in [0.1, 0.15) is 12.2 Å². The molecule has 0 amide bonds. The molecule has 1 aliphatic heterocycles. The first-order valence-electron chi connectivity index (χ1n) is 11.1. The number of methoxy groups -OCH3 is 1. The zero-order valence-electron chi connectivity index (χ0n) is 19.9. The van der Waals surface area contributed by atoms with Gasteiger partial charge in [-0.25, -0.2) is 5.84 Å². The average molecular weight is 452 g/mol. The van der Waals surface area contributed by atoms with E-state index in [1.54, 1.807) is 6.92 Å². The Bertz CT molecular complexity index is 455. The minimum atomic E-state index is -0.906. The number of hydrogen-bond donors (Lipinski definition) is 4. The van der Waals surface area contributed by atoms with Crippen molar-refractivity contribution in [3.8, 4) is 0 Å². The topological polar surface area (TPSA) is 142 Å². The molecule has 0 saturated carbocycles. The smallest absolute Gasteiger partial charge is 0.183 e. The van der Waals surface area contributed by atoms with Gasteiger partial charge in [-0.05, 0) is 6.42 Å². The number of nitrogens with zero attached hydrogens (tertiary/aromatic N) is 1. The van der Waals surface area contributed by atoms with Crippen LogP contribution in [0.3, 0.4) is 0 Å². The summed E-state index contributed by atoms with van der Waals surface area (Å²) in [4.78, 5) is 0. The summed E-state index contributed by atoms with van der Waals surface area (Å²) in [5, 5.41) is 21.6. The molecular formula is C21H45N3O7. The molecule has 0 bridgehead atoms. The highest BCUT2D eigenvalue weighted by atomic mass is 16.7. The summed E-state index contributed by atoms with van der Waals surface area (Å²) in [6.45, 7) is 11.1. The third-order valence-corrected chi connectivity index (χ3v) is 4.36. The largest absolute Gasteiger partial charge is 0.399 e. The van der Waals surface area contributed by atoms with Crippen molar-refractivity contribution in [2.24, 2.45) is 17.5 Å². The fourth-order valence-electron chi connectivity index (χ4n) is 2.75. The minimum Gasteiger partial charge on any atom is -0.399 e. The van der Waals surface area contributed by atoms with Gasteiger partial charge < -0.3 is 44.6 Å². The van der Waals surface area contributed by atoms with E-state index in [1.165, 1.54) is 24.7 Å². The van der Waals surface area contributed by atoms with Crippen LogP contribution in [-0.2, 0) is 23.7 Å². The fourth-order valence-corrected chi connectivity index (χ4v) is 2.75. The lowest BCUT2D eigenvalue weighted by molar-refractivity contribution is -0.276. The van der Waals surface area contributed by atoms with Gasteiger partial charge in [0.2, 0.25) is 0 Å². The number of aliphatic hydroxyl groups is 2. The Morgan fingerprint density at radius 2 is 1.55 bits per heavy atom. The first-order valence-corrected chi connectivity index (χ1v) is 11.1. The zero-order chi connectivity index (χ0) is 23.6. The summed E-state index contributed by atoms with van der Waals surface area (Å²) in [6, 6.07) is 0. The van der Waals surface area contributed by atoms with Gasteiger partial charge in [0.15, 0.2) is 6.29 Å². The van der Waals surface area contributed by atoms with Crippen molar-refractivity contribution in [1.29, 1.82) is 0 Å². The van der Waals surface area contributed by atoms with Crippen LogP contribution in [0, 0.1) is 5.92 Å². The number of aliphatic hydroxyl groups excluding tert-OH is 2. The Morgan fingerprint density at radius 3 is 2.10 bits per heavy atom. The molecule has 31 heavy (non-hydrogen) atoms. The van der Waals surface area contributed by atoms with Crippen molar-refractivity contribution in [2.75, 3.05) is 53.3 Å². The molecule has 6 N–H and O–H groups in total. The summed E-state index contributed by atoms with van der Waals surface area (Å²) in [5.41, 5.74) is 6.32. The Balaban J connectivity index is 0.00000282. The minimum absolute atomic E-state index is 0.180. The first-order chi connectivity index (χ1) is 14.8. The van der Waals surface area contributed by atoms with Gasteiger partial charge in [-0.1, -0.05) is 34.1 Å². The van der Waals surface area contributed by atoms with Crippen molar-refractivity contribution in [1.82, 2.24) is 5.01 Å². The molecule has 10 nitrogen and oxygen atoms in total. The molecule has 1 heterocycles. The Labute approximate surface area is 187 Å². The second kappa shape index (κ2) is 18.6. The van der Waals surface area contributed by atoms with Gasteiger partial charge in [0.25, 0.3) is 0 Å². The van der Waals surface area contributed by atoms with Crippen LogP contribution < -0.4 is 11.6 Å². The fraction of sp³-hybridized carbons (Fsp3) is 0.905. The third-order valence-electron chi connectivity index (χ3n) is 4.36. The third kappa shape index (κ3) is 13.2. The Morgan fingerprint density at radius 1 is 1.00 bits per heavy atom. The molecule has 0 aromatic rings. The van der Waals surface area contributed by atoms with E-state index in [0.29, 0.717) is 32.1 Å². The van der Waals surface area contributed by atoms with Crippen molar-refractivity contribution in [3.05, 3.63) is 11.9 Å². The normalized spacial score (nSPS) is 26.3. The van der Waals surface area contributed by atoms with Crippen LogP contribution >= 0.6 is 0 Å². The molecule has 1 fully saturated rings. The van der Waals surface area contributed by atoms with Gasteiger partial charge in [-0.2, -0.15) is 0 Å². The number of rotatable bonds is 14. The Kier molecular flexibility index (Phi) is 18.0. The van der Waals surface area contributed by atoms with Crippen LogP contribution in [0.25, 0.3) is 0 Å². The highest BCUT2D eigenvalue weighted by Crippen LogP contribution is 2.26. The lowest BCUT2D eigenvalue weighted by atomic mass is 9.90. The number of ether oxygens (including phenoxy) is 5. The molecule has 10 heteroatoms. The molecule has 0 radical (unpaired) electrons. The highest BCUT2D eigenvalue weighted by molar-refractivity contribution is 4.97. The number of hydrazine groups is 1. The second-order valence-electron chi connectivity index (χ2n) is 7.50. The number of nitrogens with two attached hydrogens (primary N) is 2. The molecule has 0 aliphatic carbocycles. The van der Waals surface area contributed by atoms with E-state index in [-0.39, 0.29) is 13.2 Å².